The van der Waals surface area contributed by atoms with Gasteiger partial charge in [0.15, 0.2) is 0 Å². The summed E-state index contributed by atoms with van der Waals surface area (Å²) in [5.74, 6) is 0.764. The van der Waals surface area contributed by atoms with E-state index in [1.165, 1.54) is 22.6 Å². The molecule has 1 aliphatic rings. The SMILES string of the molecule is CCOc1ccccc1-c1nc(CC(=O)Nc2ccc3c(c2)N(CC)CC3)cs1. The molecule has 0 spiro atoms. The minimum absolute atomic E-state index is 0.0547. The van der Waals surface area contributed by atoms with E-state index < -0.39 is 0 Å². The molecule has 1 aromatic heterocycles. The van der Waals surface area contributed by atoms with Gasteiger partial charge in [0.25, 0.3) is 0 Å². The molecule has 0 bridgehead atoms. The fraction of sp³-hybridized carbons (Fsp3) is 0.304. The van der Waals surface area contributed by atoms with Gasteiger partial charge in [-0.2, -0.15) is 0 Å². The van der Waals surface area contributed by atoms with Gasteiger partial charge in [0.1, 0.15) is 10.8 Å². The van der Waals surface area contributed by atoms with Crippen LogP contribution in [0.4, 0.5) is 11.4 Å². The first kappa shape index (κ1) is 19.5. The maximum absolute atomic E-state index is 12.6. The lowest BCUT2D eigenvalue weighted by atomic mass is 10.1. The Hall–Kier alpha value is -2.86. The largest absolute Gasteiger partial charge is 0.493 e. The van der Waals surface area contributed by atoms with Crippen molar-refractivity contribution in [3.05, 3.63) is 59.1 Å². The average molecular weight is 408 g/mol. The summed E-state index contributed by atoms with van der Waals surface area (Å²) in [6, 6.07) is 14.0. The minimum atomic E-state index is -0.0547. The highest BCUT2D eigenvalue weighted by Crippen LogP contribution is 2.33. The Morgan fingerprint density at radius 2 is 2.10 bits per heavy atom. The van der Waals surface area contributed by atoms with Crippen LogP contribution in [0.2, 0.25) is 0 Å². The van der Waals surface area contributed by atoms with E-state index in [4.69, 9.17) is 4.74 Å². The van der Waals surface area contributed by atoms with Crippen LogP contribution in [0.15, 0.2) is 47.8 Å². The van der Waals surface area contributed by atoms with E-state index in [1.807, 2.05) is 42.6 Å². The average Bonchev–Trinajstić information content (AvgIpc) is 3.35. The lowest BCUT2D eigenvalue weighted by molar-refractivity contribution is -0.115. The van der Waals surface area contributed by atoms with Crippen molar-refractivity contribution in [3.63, 3.8) is 0 Å². The van der Waals surface area contributed by atoms with Gasteiger partial charge in [0, 0.05) is 29.8 Å². The summed E-state index contributed by atoms with van der Waals surface area (Å²) in [4.78, 5) is 19.6. The smallest absolute Gasteiger partial charge is 0.230 e. The van der Waals surface area contributed by atoms with Gasteiger partial charge in [-0.15, -0.1) is 11.3 Å². The van der Waals surface area contributed by atoms with Gasteiger partial charge < -0.3 is 15.0 Å². The standard InChI is InChI=1S/C23H25N3O2S/c1-3-26-12-11-16-9-10-17(13-20(16)26)24-22(27)14-18-15-29-23(25-18)19-7-5-6-8-21(19)28-4-2/h5-10,13,15H,3-4,11-12,14H2,1-2H3,(H,24,27). The number of nitrogens with one attached hydrogen (secondary N) is 1. The van der Waals surface area contributed by atoms with Gasteiger partial charge in [-0.3, -0.25) is 4.79 Å². The number of benzene rings is 2. The number of rotatable bonds is 7. The van der Waals surface area contributed by atoms with E-state index in [9.17, 15) is 4.79 Å². The Kier molecular flexibility index (Phi) is 5.81. The number of carbonyl (C=O) groups excluding carboxylic acids is 1. The van der Waals surface area contributed by atoms with Crippen molar-refractivity contribution >= 4 is 28.6 Å². The lowest BCUT2D eigenvalue weighted by Gasteiger charge is -2.17. The quantitative estimate of drug-likeness (QED) is 0.613. The first-order valence-corrected chi connectivity index (χ1v) is 10.9. The molecule has 29 heavy (non-hydrogen) atoms. The number of likely N-dealkylation sites (N-methyl/N-ethyl adjacent to an activating group) is 1. The number of nitrogens with zero attached hydrogens (tertiary/aromatic N) is 2. The predicted octanol–water partition coefficient (Wildman–Crippen LogP) is 4.77. The Bertz CT molecular complexity index is 1010. The molecule has 150 valence electrons. The van der Waals surface area contributed by atoms with Crippen LogP contribution in [0.1, 0.15) is 25.1 Å². The highest BCUT2D eigenvalue weighted by atomic mass is 32.1. The van der Waals surface area contributed by atoms with E-state index in [0.717, 1.165) is 47.2 Å². The number of anilines is 2. The van der Waals surface area contributed by atoms with Gasteiger partial charge in [0.05, 0.1) is 24.3 Å². The summed E-state index contributed by atoms with van der Waals surface area (Å²) in [5, 5.41) is 5.83. The number of para-hydroxylation sites is 1. The van der Waals surface area contributed by atoms with Crippen LogP contribution in [-0.4, -0.2) is 30.6 Å². The van der Waals surface area contributed by atoms with Crippen molar-refractivity contribution in [1.82, 2.24) is 4.98 Å². The molecule has 1 amide bonds. The third-order valence-electron chi connectivity index (χ3n) is 5.05. The predicted molar refractivity (Wildman–Crippen MR) is 119 cm³/mol. The van der Waals surface area contributed by atoms with Gasteiger partial charge in [-0.25, -0.2) is 4.98 Å². The van der Waals surface area contributed by atoms with Crippen LogP contribution in [0.25, 0.3) is 10.6 Å². The summed E-state index contributed by atoms with van der Waals surface area (Å²) < 4.78 is 5.70. The number of carbonyl (C=O) groups is 1. The summed E-state index contributed by atoms with van der Waals surface area (Å²) in [5.41, 5.74) is 5.15. The first-order chi connectivity index (χ1) is 14.2. The van der Waals surface area contributed by atoms with E-state index in [2.05, 4.69) is 34.3 Å². The number of amides is 1. The maximum atomic E-state index is 12.6. The van der Waals surface area contributed by atoms with Gasteiger partial charge in [-0.05, 0) is 50.1 Å². The summed E-state index contributed by atoms with van der Waals surface area (Å²) in [6.45, 7) is 6.76. The van der Waals surface area contributed by atoms with E-state index >= 15 is 0 Å². The zero-order valence-electron chi connectivity index (χ0n) is 16.8. The second kappa shape index (κ2) is 8.66. The minimum Gasteiger partial charge on any atom is -0.493 e. The van der Waals surface area contributed by atoms with Crippen LogP contribution >= 0.6 is 11.3 Å². The molecule has 0 unspecified atom stereocenters. The number of thiazole rings is 1. The molecule has 0 saturated carbocycles. The molecule has 2 heterocycles. The van der Waals surface area contributed by atoms with Crippen molar-refractivity contribution in [2.45, 2.75) is 26.7 Å². The lowest BCUT2D eigenvalue weighted by Crippen LogP contribution is -2.19. The van der Waals surface area contributed by atoms with Crippen LogP contribution in [0.5, 0.6) is 5.75 Å². The number of ether oxygens (including phenoxy) is 1. The maximum Gasteiger partial charge on any atom is 0.230 e. The van der Waals surface area contributed by atoms with Crippen molar-refractivity contribution in [3.8, 4) is 16.3 Å². The zero-order valence-corrected chi connectivity index (χ0v) is 17.6. The Morgan fingerprint density at radius 1 is 1.24 bits per heavy atom. The van der Waals surface area contributed by atoms with Crippen molar-refractivity contribution in [2.75, 3.05) is 29.9 Å². The fourth-order valence-electron chi connectivity index (χ4n) is 3.66. The summed E-state index contributed by atoms with van der Waals surface area (Å²) in [6.07, 6.45) is 1.32. The van der Waals surface area contributed by atoms with Crippen LogP contribution in [0.3, 0.4) is 0 Å². The van der Waals surface area contributed by atoms with Crippen LogP contribution in [0, 0.1) is 0 Å². The van der Waals surface area contributed by atoms with Crippen molar-refractivity contribution < 1.29 is 9.53 Å². The van der Waals surface area contributed by atoms with Crippen LogP contribution < -0.4 is 15.0 Å². The molecular weight excluding hydrogens is 382 g/mol. The van der Waals surface area contributed by atoms with E-state index in [-0.39, 0.29) is 12.3 Å². The molecule has 3 aromatic rings. The third-order valence-corrected chi connectivity index (χ3v) is 5.98. The molecular formula is C23H25N3O2S. The second-order valence-corrected chi connectivity index (χ2v) is 7.83. The summed E-state index contributed by atoms with van der Waals surface area (Å²) >= 11 is 1.53. The van der Waals surface area contributed by atoms with Crippen molar-refractivity contribution in [1.29, 1.82) is 0 Å². The number of aromatic nitrogens is 1. The molecule has 1 aliphatic heterocycles. The normalized spacial score (nSPS) is 12.7. The number of hydrogen-bond donors (Lipinski definition) is 1. The molecule has 0 radical (unpaired) electrons. The molecule has 0 aliphatic carbocycles. The topological polar surface area (TPSA) is 54.5 Å². The van der Waals surface area contributed by atoms with Gasteiger partial charge >= 0.3 is 0 Å². The number of fused-ring (bicyclic) bond motifs is 1. The fourth-order valence-corrected chi connectivity index (χ4v) is 4.51. The first-order valence-electron chi connectivity index (χ1n) is 10.0. The Morgan fingerprint density at radius 3 is 2.93 bits per heavy atom. The molecule has 2 aromatic carbocycles. The molecule has 6 heteroatoms. The zero-order chi connectivity index (χ0) is 20.2. The molecule has 0 saturated heterocycles. The van der Waals surface area contributed by atoms with Crippen LogP contribution in [-0.2, 0) is 17.6 Å². The molecule has 1 N–H and O–H groups in total. The molecule has 5 nitrogen and oxygen atoms in total. The van der Waals surface area contributed by atoms with Gasteiger partial charge in [-0.1, -0.05) is 18.2 Å². The van der Waals surface area contributed by atoms with Gasteiger partial charge in [0.2, 0.25) is 5.91 Å². The molecule has 0 atom stereocenters. The van der Waals surface area contributed by atoms with E-state index in [0.29, 0.717) is 6.61 Å². The molecule has 0 fully saturated rings. The summed E-state index contributed by atoms with van der Waals surface area (Å²) in [7, 11) is 0. The molecule has 4 rings (SSSR count). The second-order valence-electron chi connectivity index (χ2n) is 6.97. The Balaban J connectivity index is 1.44. The highest BCUT2D eigenvalue weighted by molar-refractivity contribution is 7.13. The van der Waals surface area contributed by atoms with E-state index in [1.54, 1.807) is 0 Å². The number of hydrogen-bond acceptors (Lipinski definition) is 5. The third kappa shape index (κ3) is 4.27. The monoisotopic (exact) mass is 407 g/mol. The highest BCUT2D eigenvalue weighted by Gasteiger charge is 2.18. The Labute approximate surface area is 175 Å². The van der Waals surface area contributed by atoms with Crippen molar-refractivity contribution in [2.24, 2.45) is 0 Å².